The van der Waals surface area contributed by atoms with Gasteiger partial charge < -0.3 is 190 Å². The summed E-state index contributed by atoms with van der Waals surface area (Å²) in [5.41, 5.74) is 0. The maximum absolute atomic E-state index is 13.2. The maximum atomic E-state index is 13.2. The van der Waals surface area contributed by atoms with Crippen LogP contribution in [0.15, 0.2) is 0 Å². The van der Waals surface area contributed by atoms with Gasteiger partial charge in [0, 0.05) is 27.2 Å². The molecule has 0 unspecified atom stereocenters. The Kier molecular flexibility index (Phi) is 29.0. The van der Waals surface area contributed by atoms with E-state index >= 15 is 0 Å². The molecule has 42 heteroatoms. The molecule has 6 aliphatic rings. The molecule has 0 aliphatic carbocycles. The number of aliphatic hydroxyl groups is 22. The van der Waals surface area contributed by atoms with Gasteiger partial charge in [-0.15, -0.1) is 0 Å². The van der Waals surface area contributed by atoms with Crippen molar-refractivity contribution < 1.29 is 193 Å². The van der Waals surface area contributed by atoms with Crippen molar-refractivity contribution in [3.8, 4) is 0 Å². The predicted octanol–water partition coefficient (Wildman–Crippen LogP) is -17.0. The molecule has 6 heterocycles. The van der Waals surface area contributed by atoms with Crippen LogP contribution in [0.2, 0.25) is 0 Å². The lowest BCUT2D eigenvalue weighted by atomic mass is 9.88. The SMILES string of the molecule is CC(=O)N[C@H]1[C@H](O[C@H]2[C@@H](O)[C@@H](CO[C@@H]3O[C@H](CO[C@]4(C(=O)O)C[C@H](O)[C@@H](NC(C)=O)[C@H]([C@H](O)[C@H](O)CO)O4)[C@@H](O)[C@H](O[C@@H]4O[C@H](CO)[C@H](O)[C@H](O)[C@H]4O)[C@H]3NC(C)=O)O[C@@H](O[C@@H]([C@H](O)[C@@H](O)CO)[C@H](O)CO)[C@@H]2O)O[C@H](CO)[C@@H](O[C@@H]2O[C@H](CO)[C@H](O)[C@H](O)[C@H]2O)[C@@H]1O. The second-order valence-electron chi connectivity index (χ2n) is 23.0. The first-order valence-electron chi connectivity index (χ1n) is 29.2. The number of nitrogens with one attached hydrogen (secondary N) is 3. The largest absolute Gasteiger partial charge is 0.477 e. The normalized spacial score (nSPS) is 43.6. The molecule has 35 atom stereocenters. The van der Waals surface area contributed by atoms with Crippen LogP contribution in [0, 0.1) is 0 Å². The van der Waals surface area contributed by atoms with Gasteiger partial charge in [0.25, 0.3) is 5.79 Å². The van der Waals surface area contributed by atoms with Gasteiger partial charge in [-0.3, -0.25) is 14.4 Å². The van der Waals surface area contributed by atoms with Crippen molar-refractivity contribution in [2.24, 2.45) is 0 Å². The van der Waals surface area contributed by atoms with E-state index in [9.17, 15) is 137 Å². The Bertz CT molecular complexity index is 2360. The first kappa shape index (κ1) is 78.5. The molecule has 540 valence electrons. The van der Waals surface area contributed by atoms with E-state index < -0.39 is 297 Å². The minimum Gasteiger partial charge on any atom is -0.477 e. The third-order valence-electron chi connectivity index (χ3n) is 16.3. The lowest BCUT2D eigenvalue weighted by Gasteiger charge is -2.50. The summed E-state index contributed by atoms with van der Waals surface area (Å²) in [6.45, 7) is -6.44. The van der Waals surface area contributed by atoms with Crippen molar-refractivity contribution in [3.63, 3.8) is 0 Å². The van der Waals surface area contributed by atoms with Crippen LogP contribution < -0.4 is 16.0 Å². The van der Waals surface area contributed by atoms with Crippen LogP contribution in [-0.4, -0.2) is 408 Å². The highest BCUT2D eigenvalue weighted by Crippen LogP contribution is 2.38. The molecule has 0 aromatic heterocycles. The maximum Gasteiger partial charge on any atom is 0.364 e. The summed E-state index contributed by atoms with van der Waals surface area (Å²) in [7, 11) is 0. The molecular formula is C51H87N3O39. The number of rotatable bonds is 29. The lowest BCUT2D eigenvalue weighted by molar-refractivity contribution is -0.378. The Morgan fingerprint density at radius 3 is 1.42 bits per heavy atom. The summed E-state index contributed by atoms with van der Waals surface area (Å²) in [6, 6.07) is -5.62. The summed E-state index contributed by atoms with van der Waals surface area (Å²) < 4.78 is 69.8. The standard InChI is InChI=1S/C51H87N3O39/c1-13(61)52-25-16(64)4-51(50(80)81,93-43(25)29(69)18(66)6-56)83-12-24-32(72)42(91-48-38(78)36(76)31(71)21(9-59)85-48)27(54-15(3)63)45(87-24)82-11-23-33(73)44(39(79)49(88-23)89-40(19(67)7-57)28(68)17(65)5-55)92-46-26(53-14(2)62)34(74)41(22(10-60)86-46)90-47-37(77)35(75)30(70)20(8-58)84-47/h16-49,55-60,64-79H,4-12H2,1-3H3,(H,52,61)(H,53,62)(H,54,63)(H,80,81)/t16-,17-,18+,19+,20+,21+,22+,23+,24+,25+,26+,27+,28+,29+,30-,31-,32+,33-,34+,35-,36-,37+,38+,39+,40+,41+,42+,43+,44-,45+,46-,47-,48-,49-,51+/m0/s1. The van der Waals surface area contributed by atoms with Crippen LogP contribution in [-0.2, 0) is 76.0 Å². The van der Waals surface area contributed by atoms with Crippen LogP contribution in [0.5, 0.6) is 0 Å². The average Bonchev–Trinajstić information content (AvgIpc) is 0.778. The molecule has 6 rings (SSSR count). The molecule has 6 aliphatic heterocycles. The zero-order chi connectivity index (χ0) is 69.4. The van der Waals surface area contributed by atoms with Crippen LogP contribution in [0.4, 0.5) is 0 Å². The van der Waals surface area contributed by atoms with Crippen LogP contribution in [0.1, 0.15) is 27.2 Å². The summed E-state index contributed by atoms with van der Waals surface area (Å²) >= 11 is 0. The molecule has 0 bridgehead atoms. The number of hydrogen-bond acceptors (Lipinski definition) is 38. The van der Waals surface area contributed by atoms with Crippen molar-refractivity contribution in [1.29, 1.82) is 0 Å². The Balaban J connectivity index is 1.40. The minimum absolute atomic E-state index is 0.857. The topological polar surface area (TPSA) is 680 Å². The Hall–Kier alpha value is -3.48. The van der Waals surface area contributed by atoms with Crippen LogP contribution in [0.3, 0.4) is 0 Å². The fourth-order valence-corrected chi connectivity index (χ4v) is 11.3. The Labute approximate surface area is 526 Å². The van der Waals surface area contributed by atoms with E-state index in [0.29, 0.717) is 0 Å². The smallest absolute Gasteiger partial charge is 0.364 e. The molecule has 26 N–H and O–H groups in total. The fraction of sp³-hybridized carbons (Fsp3) is 0.922. The first-order valence-corrected chi connectivity index (χ1v) is 29.2. The monoisotopic (exact) mass is 1370 g/mol. The predicted molar refractivity (Wildman–Crippen MR) is 286 cm³/mol. The molecule has 6 saturated heterocycles. The van der Waals surface area contributed by atoms with Gasteiger partial charge in [0.1, 0.15) is 165 Å². The minimum atomic E-state index is -3.16. The number of carboxylic acids is 1. The molecule has 0 aromatic rings. The van der Waals surface area contributed by atoms with E-state index in [1.807, 2.05) is 0 Å². The summed E-state index contributed by atoms with van der Waals surface area (Å²) in [4.78, 5) is 51.3. The van der Waals surface area contributed by atoms with Crippen molar-refractivity contribution in [2.75, 3.05) is 52.9 Å². The van der Waals surface area contributed by atoms with E-state index in [2.05, 4.69) is 16.0 Å². The third kappa shape index (κ3) is 18.1. The molecule has 93 heavy (non-hydrogen) atoms. The van der Waals surface area contributed by atoms with Gasteiger partial charge in [-0.2, -0.15) is 0 Å². The van der Waals surface area contributed by atoms with E-state index in [-0.39, 0.29) is 0 Å². The summed E-state index contributed by atoms with van der Waals surface area (Å²) in [6.07, 6.45) is -67.1. The van der Waals surface area contributed by atoms with Crippen LogP contribution >= 0.6 is 0 Å². The fourth-order valence-electron chi connectivity index (χ4n) is 11.3. The number of carbonyl (C=O) groups is 4. The molecule has 0 aromatic carbocycles. The van der Waals surface area contributed by atoms with Gasteiger partial charge >= 0.3 is 5.97 Å². The molecule has 42 nitrogen and oxygen atoms in total. The zero-order valence-electron chi connectivity index (χ0n) is 49.8. The van der Waals surface area contributed by atoms with Gasteiger partial charge in [-0.05, 0) is 0 Å². The van der Waals surface area contributed by atoms with Gasteiger partial charge in [0.15, 0.2) is 31.5 Å². The first-order chi connectivity index (χ1) is 43.7. The molecule has 0 saturated carbocycles. The van der Waals surface area contributed by atoms with E-state index in [1.165, 1.54) is 0 Å². The molecule has 0 spiro atoms. The molecular weight excluding hydrogens is 1280 g/mol. The Morgan fingerprint density at radius 2 is 0.914 bits per heavy atom. The highest BCUT2D eigenvalue weighted by molar-refractivity contribution is 5.77. The lowest BCUT2D eigenvalue weighted by Crippen LogP contribution is -2.70. The van der Waals surface area contributed by atoms with Crippen molar-refractivity contribution in [3.05, 3.63) is 0 Å². The molecule has 6 fully saturated rings. The van der Waals surface area contributed by atoms with Crippen LogP contribution in [0.25, 0.3) is 0 Å². The second kappa shape index (κ2) is 34.3. The number of aliphatic carboxylic acids is 1. The number of ether oxygens (including phenoxy) is 12. The van der Waals surface area contributed by atoms with Gasteiger partial charge in [0.2, 0.25) is 17.7 Å². The number of carbonyl (C=O) groups excluding carboxylic acids is 3. The summed E-state index contributed by atoms with van der Waals surface area (Å²) in [5, 5.41) is 254. The summed E-state index contributed by atoms with van der Waals surface area (Å²) in [5.74, 6) is -8.04. The highest BCUT2D eigenvalue weighted by atomic mass is 16.8. The zero-order valence-corrected chi connectivity index (χ0v) is 49.8. The highest BCUT2D eigenvalue weighted by Gasteiger charge is 2.60. The molecule has 3 amide bonds. The number of aliphatic hydroxyl groups excluding tert-OH is 22. The number of carboxylic acid groups (broad SMARTS) is 1. The Morgan fingerprint density at radius 1 is 0.462 bits per heavy atom. The molecule has 0 radical (unpaired) electrons. The number of hydrogen-bond donors (Lipinski definition) is 26. The van der Waals surface area contributed by atoms with Gasteiger partial charge in [-0.25, -0.2) is 4.79 Å². The van der Waals surface area contributed by atoms with Crippen molar-refractivity contribution in [2.45, 2.75) is 241 Å². The van der Waals surface area contributed by atoms with Gasteiger partial charge in [-0.1, -0.05) is 0 Å². The van der Waals surface area contributed by atoms with Gasteiger partial charge in [0.05, 0.1) is 65.0 Å². The van der Waals surface area contributed by atoms with Crippen molar-refractivity contribution in [1.82, 2.24) is 16.0 Å². The average molecular weight is 1370 g/mol. The van der Waals surface area contributed by atoms with Crippen molar-refractivity contribution >= 4 is 23.7 Å². The number of amides is 3. The second-order valence-corrected chi connectivity index (χ2v) is 23.0. The third-order valence-corrected chi connectivity index (χ3v) is 16.3. The van der Waals surface area contributed by atoms with E-state index in [1.54, 1.807) is 0 Å². The van der Waals surface area contributed by atoms with E-state index in [0.717, 1.165) is 20.8 Å². The quantitative estimate of drug-likeness (QED) is 0.0331. The van der Waals surface area contributed by atoms with E-state index in [4.69, 9.17) is 56.8 Å².